The molecule has 0 aromatic heterocycles. The highest BCUT2D eigenvalue weighted by molar-refractivity contribution is 9.10. The molecule has 1 aromatic rings. The van der Waals surface area contributed by atoms with Gasteiger partial charge in [-0.1, -0.05) is 15.9 Å². The normalized spacial score (nSPS) is 21.9. The SMILES string of the molecule is O=C1NCC2(CC2)N1c1ccc(Br)cc1. The molecule has 0 radical (unpaired) electrons. The molecule has 4 heteroatoms. The van der Waals surface area contributed by atoms with Crippen molar-refractivity contribution < 1.29 is 4.79 Å². The Morgan fingerprint density at radius 3 is 2.53 bits per heavy atom. The second-order valence-corrected chi connectivity index (χ2v) is 5.11. The molecular weight excluding hydrogens is 256 g/mol. The average Bonchev–Trinajstić information content (AvgIpc) is 2.92. The lowest BCUT2D eigenvalue weighted by atomic mass is 10.2. The molecule has 3 rings (SSSR count). The van der Waals surface area contributed by atoms with Crippen molar-refractivity contribution in [3.8, 4) is 0 Å². The van der Waals surface area contributed by atoms with Crippen molar-refractivity contribution in [3.63, 3.8) is 0 Å². The van der Waals surface area contributed by atoms with Gasteiger partial charge in [0.15, 0.2) is 0 Å². The smallest absolute Gasteiger partial charge is 0.322 e. The first-order chi connectivity index (χ1) is 7.21. The first-order valence-electron chi connectivity index (χ1n) is 5.05. The van der Waals surface area contributed by atoms with Gasteiger partial charge in [0.1, 0.15) is 0 Å². The summed E-state index contributed by atoms with van der Waals surface area (Å²) in [6.07, 6.45) is 2.23. The fourth-order valence-corrected chi connectivity index (χ4v) is 2.40. The summed E-state index contributed by atoms with van der Waals surface area (Å²) in [6.45, 7) is 0.794. The molecule has 2 aliphatic rings. The second-order valence-electron chi connectivity index (χ2n) is 4.19. The van der Waals surface area contributed by atoms with E-state index in [0.717, 1.165) is 29.5 Å². The predicted molar refractivity (Wildman–Crippen MR) is 62.0 cm³/mol. The van der Waals surface area contributed by atoms with E-state index < -0.39 is 0 Å². The minimum absolute atomic E-state index is 0.0369. The maximum Gasteiger partial charge on any atom is 0.322 e. The number of rotatable bonds is 1. The molecule has 1 saturated carbocycles. The summed E-state index contributed by atoms with van der Waals surface area (Å²) in [6, 6.07) is 7.94. The van der Waals surface area contributed by atoms with Gasteiger partial charge in [0.05, 0.1) is 5.54 Å². The van der Waals surface area contributed by atoms with Gasteiger partial charge in [-0.2, -0.15) is 0 Å². The maximum atomic E-state index is 11.7. The summed E-state index contributed by atoms with van der Waals surface area (Å²) in [5, 5.41) is 2.91. The Labute approximate surface area is 96.6 Å². The molecule has 0 bridgehead atoms. The lowest BCUT2D eigenvalue weighted by Crippen LogP contribution is -2.35. The van der Waals surface area contributed by atoms with Crippen molar-refractivity contribution in [2.45, 2.75) is 18.4 Å². The van der Waals surface area contributed by atoms with Crippen LogP contribution in [-0.2, 0) is 0 Å². The molecule has 15 heavy (non-hydrogen) atoms. The largest absolute Gasteiger partial charge is 0.335 e. The van der Waals surface area contributed by atoms with Crippen LogP contribution in [0.5, 0.6) is 0 Å². The van der Waals surface area contributed by atoms with Gasteiger partial charge in [0.25, 0.3) is 0 Å². The number of hydrogen-bond donors (Lipinski definition) is 1. The van der Waals surface area contributed by atoms with E-state index in [0.29, 0.717) is 0 Å². The number of halogens is 1. The first-order valence-corrected chi connectivity index (χ1v) is 5.84. The van der Waals surface area contributed by atoms with E-state index in [2.05, 4.69) is 21.2 Å². The van der Waals surface area contributed by atoms with Crippen molar-refractivity contribution in [2.75, 3.05) is 11.4 Å². The van der Waals surface area contributed by atoms with Crippen LogP contribution in [0.3, 0.4) is 0 Å². The lowest BCUT2D eigenvalue weighted by molar-refractivity contribution is 0.251. The topological polar surface area (TPSA) is 32.3 Å². The fourth-order valence-electron chi connectivity index (χ4n) is 2.14. The molecule has 1 aliphatic carbocycles. The summed E-state index contributed by atoms with van der Waals surface area (Å²) < 4.78 is 1.04. The Morgan fingerprint density at radius 2 is 1.93 bits per heavy atom. The van der Waals surface area contributed by atoms with E-state index in [1.807, 2.05) is 29.2 Å². The zero-order valence-corrected chi connectivity index (χ0v) is 9.75. The van der Waals surface area contributed by atoms with E-state index in [1.54, 1.807) is 0 Å². The van der Waals surface area contributed by atoms with Gasteiger partial charge in [-0.15, -0.1) is 0 Å². The maximum absolute atomic E-state index is 11.7. The minimum atomic E-state index is 0.0369. The van der Waals surface area contributed by atoms with E-state index in [4.69, 9.17) is 0 Å². The van der Waals surface area contributed by atoms with Crippen LogP contribution in [0, 0.1) is 0 Å². The van der Waals surface area contributed by atoms with Crippen LogP contribution in [0.1, 0.15) is 12.8 Å². The highest BCUT2D eigenvalue weighted by atomic mass is 79.9. The minimum Gasteiger partial charge on any atom is -0.335 e. The Morgan fingerprint density at radius 1 is 1.27 bits per heavy atom. The molecule has 1 spiro atoms. The molecule has 1 aliphatic heterocycles. The van der Waals surface area contributed by atoms with E-state index in [1.165, 1.54) is 0 Å². The van der Waals surface area contributed by atoms with Crippen LogP contribution in [0.4, 0.5) is 10.5 Å². The number of amides is 2. The third kappa shape index (κ3) is 1.35. The number of nitrogens with one attached hydrogen (secondary N) is 1. The van der Waals surface area contributed by atoms with Gasteiger partial charge in [-0.05, 0) is 37.1 Å². The monoisotopic (exact) mass is 266 g/mol. The highest BCUT2D eigenvalue weighted by Crippen LogP contribution is 2.46. The molecule has 1 aromatic carbocycles. The third-order valence-electron chi connectivity index (χ3n) is 3.16. The van der Waals surface area contributed by atoms with Crippen molar-refractivity contribution in [1.29, 1.82) is 0 Å². The molecule has 3 nitrogen and oxygen atoms in total. The predicted octanol–water partition coefficient (Wildman–Crippen LogP) is 2.51. The molecule has 0 unspecified atom stereocenters. The number of anilines is 1. The zero-order chi connectivity index (χ0) is 10.5. The number of urea groups is 1. The number of benzene rings is 1. The fraction of sp³-hybridized carbons (Fsp3) is 0.364. The summed E-state index contributed by atoms with van der Waals surface area (Å²) in [5.41, 5.74) is 1.08. The number of carbonyl (C=O) groups is 1. The number of hydrogen-bond acceptors (Lipinski definition) is 1. The number of carbonyl (C=O) groups excluding carboxylic acids is 1. The average molecular weight is 267 g/mol. The Balaban J connectivity index is 1.98. The highest BCUT2D eigenvalue weighted by Gasteiger charge is 2.55. The van der Waals surface area contributed by atoms with Crippen LogP contribution in [0.25, 0.3) is 0 Å². The Hall–Kier alpha value is -1.03. The molecule has 78 valence electrons. The van der Waals surface area contributed by atoms with Crippen LogP contribution < -0.4 is 10.2 Å². The molecule has 2 fully saturated rings. The molecular formula is C11H11BrN2O. The summed E-state index contributed by atoms with van der Waals surface area (Å²) >= 11 is 3.39. The van der Waals surface area contributed by atoms with Crippen molar-refractivity contribution in [2.24, 2.45) is 0 Å². The summed E-state index contributed by atoms with van der Waals surface area (Å²) in [4.78, 5) is 13.6. The first kappa shape index (κ1) is 9.21. The summed E-state index contributed by atoms with van der Waals surface area (Å²) in [7, 11) is 0. The van der Waals surface area contributed by atoms with Gasteiger partial charge in [-0.3, -0.25) is 4.90 Å². The summed E-state index contributed by atoms with van der Waals surface area (Å²) in [5.74, 6) is 0. The van der Waals surface area contributed by atoms with Crippen LogP contribution >= 0.6 is 15.9 Å². The molecule has 1 heterocycles. The molecule has 1 N–H and O–H groups in total. The van der Waals surface area contributed by atoms with Gasteiger partial charge in [0.2, 0.25) is 0 Å². The number of nitrogens with zero attached hydrogens (tertiary/aromatic N) is 1. The quantitative estimate of drug-likeness (QED) is 0.833. The van der Waals surface area contributed by atoms with E-state index in [-0.39, 0.29) is 11.6 Å². The molecule has 0 atom stereocenters. The van der Waals surface area contributed by atoms with Gasteiger partial charge >= 0.3 is 6.03 Å². The van der Waals surface area contributed by atoms with Gasteiger partial charge < -0.3 is 5.32 Å². The van der Waals surface area contributed by atoms with Crippen molar-refractivity contribution >= 4 is 27.6 Å². The molecule has 1 saturated heterocycles. The lowest BCUT2D eigenvalue weighted by Gasteiger charge is -2.22. The Bertz CT molecular complexity index is 411. The standard InChI is InChI=1S/C11H11BrN2O/c12-8-1-3-9(4-2-8)14-10(15)13-7-11(14)5-6-11/h1-4H,5-7H2,(H,13,15). The van der Waals surface area contributed by atoms with Gasteiger partial charge in [-0.25, -0.2) is 4.79 Å². The third-order valence-corrected chi connectivity index (χ3v) is 3.69. The van der Waals surface area contributed by atoms with Crippen molar-refractivity contribution in [3.05, 3.63) is 28.7 Å². The Kier molecular flexibility index (Phi) is 1.83. The van der Waals surface area contributed by atoms with Crippen LogP contribution in [-0.4, -0.2) is 18.1 Å². The van der Waals surface area contributed by atoms with Crippen molar-refractivity contribution in [1.82, 2.24) is 5.32 Å². The van der Waals surface area contributed by atoms with Gasteiger partial charge in [0, 0.05) is 16.7 Å². The molecule has 2 amide bonds. The second kappa shape index (κ2) is 2.98. The van der Waals surface area contributed by atoms with E-state index in [9.17, 15) is 4.79 Å². The van der Waals surface area contributed by atoms with Crippen LogP contribution in [0.2, 0.25) is 0 Å². The van der Waals surface area contributed by atoms with E-state index >= 15 is 0 Å². The van der Waals surface area contributed by atoms with Crippen LogP contribution in [0.15, 0.2) is 28.7 Å². The zero-order valence-electron chi connectivity index (χ0n) is 8.16.